The van der Waals surface area contributed by atoms with Crippen LogP contribution in [-0.2, 0) is 0 Å². The van der Waals surface area contributed by atoms with Crippen LogP contribution >= 0.6 is 12.4 Å². The van der Waals surface area contributed by atoms with Crippen LogP contribution in [0.1, 0.15) is 18.4 Å². The molecule has 2 fully saturated rings. The zero-order chi connectivity index (χ0) is 24.3. The number of ether oxygens (including phenoxy) is 1. The zero-order valence-corrected chi connectivity index (χ0v) is 20.2. The first-order valence-electron chi connectivity index (χ1n) is 11.4. The van der Waals surface area contributed by atoms with E-state index in [4.69, 9.17) is 15.5 Å². The van der Waals surface area contributed by atoms with Crippen molar-refractivity contribution in [1.29, 1.82) is 5.26 Å². The van der Waals surface area contributed by atoms with Crippen molar-refractivity contribution in [1.82, 2.24) is 14.4 Å². The average Bonchev–Trinajstić information content (AvgIpc) is 3.59. The van der Waals surface area contributed by atoms with Gasteiger partial charge >= 0.3 is 0 Å². The molecule has 3 unspecified atom stereocenters. The van der Waals surface area contributed by atoms with Crippen molar-refractivity contribution in [3.05, 3.63) is 66.0 Å². The molecule has 1 saturated carbocycles. The van der Waals surface area contributed by atoms with Gasteiger partial charge in [-0.2, -0.15) is 5.26 Å². The monoisotopic (exact) mass is 508 g/mol. The van der Waals surface area contributed by atoms with E-state index in [1.54, 1.807) is 24.4 Å². The first-order chi connectivity index (χ1) is 17.0. The summed E-state index contributed by atoms with van der Waals surface area (Å²) >= 11 is 0. The molecule has 36 heavy (non-hydrogen) atoms. The highest BCUT2D eigenvalue weighted by Crippen LogP contribution is 2.42. The fraction of sp³-hybridized carbons (Fsp3) is 0.269. The maximum atomic E-state index is 14.7. The number of fused-ring (bicyclic) bond motifs is 3. The topological polar surface area (TPSA) is 92.5 Å². The zero-order valence-electron chi connectivity index (χ0n) is 19.4. The highest BCUT2D eigenvalue weighted by molar-refractivity contribution is 5.91. The molecule has 2 N–H and O–H groups in total. The standard InChI is InChI=1S/C26H22F2N6O.ClH/c1-35-22-5-4-14(9-20(22)28)23-24(15-2-3-16(12-29)19(27)10-15)32-26(33-7-6-31-25(23)33)34-13-17-8-18(34)11-21(17)30;/h2-7,9-10,17-18,21H,8,11,13,30H2,1H3;1H. The molecule has 1 aliphatic heterocycles. The number of hydrogen-bond donors (Lipinski definition) is 1. The van der Waals surface area contributed by atoms with E-state index in [2.05, 4.69) is 9.88 Å². The Hall–Kier alpha value is -3.74. The van der Waals surface area contributed by atoms with Crippen LogP contribution in [0, 0.1) is 28.9 Å². The van der Waals surface area contributed by atoms with Crippen LogP contribution in [0.2, 0.25) is 0 Å². The number of nitrogens with two attached hydrogens (primary N) is 1. The molecular weight excluding hydrogens is 486 g/mol. The Morgan fingerprint density at radius 2 is 1.89 bits per heavy atom. The highest BCUT2D eigenvalue weighted by atomic mass is 35.5. The Labute approximate surface area is 212 Å². The summed E-state index contributed by atoms with van der Waals surface area (Å²) in [5.41, 5.74) is 8.82. The molecule has 1 aliphatic carbocycles. The average molecular weight is 509 g/mol. The number of piperidine rings is 1. The first kappa shape index (κ1) is 24.0. The van der Waals surface area contributed by atoms with Gasteiger partial charge in [-0.05, 0) is 48.6 Å². The molecule has 3 atom stereocenters. The van der Waals surface area contributed by atoms with Gasteiger partial charge in [0.05, 0.1) is 23.9 Å². The second kappa shape index (κ2) is 9.04. The molecule has 6 rings (SSSR count). The number of halogens is 3. The largest absolute Gasteiger partial charge is 0.494 e. The quantitative estimate of drug-likeness (QED) is 0.434. The van der Waals surface area contributed by atoms with Crippen molar-refractivity contribution < 1.29 is 13.5 Å². The first-order valence-corrected chi connectivity index (χ1v) is 11.4. The molecular formula is C26H23ClF2N6O. The van der Waals surface area contributed by atoms with Crippen LogP contribution in [0.5, 0.6) is 5.75 Å². The summed E-state index contributed by atoms with van der Waals surface area (Å²) in [6.45, 7) is 0.782. The van der Waals surface area contributed by atoms with E-state index < -0.39 is 11.6 Å². The molecule has 2 bridgehead atoms. The minimum Gasteiger partial charge on any atom is -0.494 e. The van der Waals surface area contributed by atoms with Crippen LogP contribution in [0.3, 0.4) is 0 Å². The van der Waals surface area contributed by atoms with E-state index >= 15 is 0 Å². The van der Waals surface area contributed by atoms with Gasteiger partial charge in [0.15, 0.2) is 11.6 Å². The minimum absolute atomic E-state index is 0. The number of imidazole rings is 1. The summed E-state index contributed by atoms with van der Waals surface area (Å²) < 4.78 is 36.4. The maximum absolute atomic E-state index is 14.7. The smallest absolute Gasteiger partial charge is 0.212 e. The highest BCUT2D eigenvalue weighted by Gasteiger charge is 2.44. The third-order valence-corrected chi connectivity index (χ3v) is 7.19. The van der Waals surface area contributed by atoms with Crippen molar-refractivity contribution in [2.75, 3.05) is 18.6 Å². The normalized spacial score (nSPS) is 20.4. The van der Waals surface area contributed by atoms with E-state index in [9.17, 15) is 14.0 Å². The molecule has 2 aromatic carbocycles. The lowest BCUT2D eigenvalue weighted by Crippen LogP contribution is -2.42. The maximum Gasteiger partial charge on any atom is 0.212 e. The Bertz CT molecular complexity index is 1510. The SMILES string of the molecule is COc1ccc(-c2c(-c3ccc(C#N)c(F)c3)nc(N3CC4CC3CC4N)n3ccnc23)cc1F.Cl. The van der Waals surface area contributed by atoms with Gasteiger partial charge in [-0.1, -0.05) is 12.1 Å². The fourth-order valence-electron chi connectivity index (χ4n) is 5.46. The molecule has 0 spiro atoms. The summed E-state index contributed by atoms with van der Waals surface area (Å²) in [6.07, 6.45) is 5.39. The summed E-state index contributed by atoms with van der Waals surface area (Å²) in [4.78, 5) is 11.9. The summed E-state index contributed by atoms with van der Waals surface area (Å²) in [7, 11) is 1.40. The van der Waals surface area contributed by atoms with Crippen molar-refractivity contribution in [3.63, 3.8) is 0 Å². The number of nitriles is 1. The van der Waals surface area contributed by atoms with Crippen molar-refractivity contribution >= 4 is 24.0 Å². The minimum atomic E-state index is -0.644. The number of hydrogen-bond acceptors (Lipinski definition) is 6. The second-order valence-corrected chi connectivity index (χ2v) is 9.11. The van der Waals surface area contributed by atoms with E-state index in [1.807, 2.05) is 16.7 Å². The molecule has 7 nitrogen and oxygen atoms in total. The molecule has 0 amide bonds. The van der Waals surface area contributed by atoms with Crippen LogP contribution in [0.4, 0.5) is 14.7 Å². The van der Waals surface area contributed by atoms with Gasteiger partial charge < -0.3 is 15.4 Å². The number of anilines is 1. The van der Waals surface area contributed by atoms with E-state index in [1.165, 1.54) is 25.3 Å². The molecule has 0 radical (unpaired) electrons. The number of nitrogens with zero attached hydrogens (tertiary/aromatic N) is 5. The second-order valence-electron chi connectivity index (χ2n) is 9.11. The van der Waals surface area contributed by atoms with Crippen molar-refractivity contribution in [2.24, 2.45) is 11.7 Å². The molecule has 2 aliphatic rings. The van der Waals surface area contributed by atoms with Crippen LogP contribution in [0.25, 0.3) is 28.0 Å². The molecule has 184 valence electrons. The van der Waals surface area contributed by atoms with Gasteiger partial charge in [-0.25, -0.2) is 18.7 Å². The molecule has 1 saturated heterocycles. The molecule has 2 aromatic heterocycles. The van der Waals surface area contributed by atoms with E-state index in [0.717, 1.165) is 19.4 Å². The lowest BCUT2D eigenvalue weighted by molar-refractivity contribution is 0.386. The van der Waals surface area contributed by atoms with Gasteiger partial charge in [0, 0.05) is 36.6 Å². The Kier molecular flexibility index (Phi) is 6.02. The lowest BCUT2D eigenvalue weighted by Gasteiger charge is -2.31. The summed E-state index contributed by atoms with van der Waals surface area (Å²) in [5, 5.41) is 9.19. The van der Waals surface area contributed by atoms with Gasteiger partial charge in [0.2, 0.25) is 5.95 Å². The summed E-state index contributed by atoms with van der Waals surface area (Å²) in [6, 6.07) is 11.3. The van der Waals surface area contributed by atoms with Crippen molar-refractivity contribution in [3.8, 4) is 34.2 Å². The molecule has 10 heteroatoms. The number of benzene rings is 2. The number of rotatable bonds is 4. The number of methoxy groups -OCH3 is 1. The Morgan fingerprint density at radius 3 is 2.53 bits per heavy atom. The van der Waals surface area contributed by atoms with Crippen LogP contribution in [-0.4, -0.2) is 40.1 Å². The lowest BCUT2D eigenvalue weighted by atomic mass is 9.98. The van der Waals surface area contributed by atoms with E-state index in [-0.39, 0.29) is 35.8 Å². The van der Waals surface area contributed by atoms with E-state index in [0.29, 0.717) is 39.9 Å². The van der Waals surface area contributed by atoms with Gasteiger partial charge in [-0.15, -0.1) is 12.4 Å². The number of aromatic nitrogens is 3. The van der Waals surface area contributed by atoms with Crippen LogP contribution < -0.4 is 15.4 Å². The Morgan fingerprint density at radius 1 is 1.11 bits per heavy atom. The van der Waals surface area contributed by atoms with Gasteiger partial charge in [0.1, 0.15) is 17.5 Å². The van der Waals surface area contributed by atoms with Crippen LogP contribution in [0.15, 0.2) is 48.8 Å². The molecule has 3 heterocycles. The predicted octanol–water partition coefficient (Wildman–Crippen LogP) is 4.57. The third kappa shape index (κ3) is 3.65. The fourth-order valence-corrected chi connectivity index (χ4v) is 5.46. The third-order valence-electron chi connectivity index (χ3n) is 7.19. The van der Waals surface area contributed by atoms with Crippen molar-refractivity contribution in [2.45, 2.75) is 24.9 Å². The van der Waals surface area contributed by atoms with Gasteiger partial charge in [-0.3, -0.25) is 4.40 Å². The van der Waals surface area contributed by atoms with Gasteiger partial charge in [0.25, 0.3) is 0 Å². The Balaban J connectivity index is 0.00000267. The molecule has 4 aromatic rings. The predicted molar refractivity (Wildman–Crippen MR) is 134 cm³/mol. The summed E-state index contributed by atoms with van der Waals surface area (Å²) in [5.74, 6) is 0.0326.